The summed E-state index contributed by atoms with van der Waals surface area (Å²) < 4.78 is 15.4. The molecule has 3 aromatic carbocycles. The van der Waals surface area contributed by atoms with Crippen LogP contribution in [0.4, 0.5) is 10.2 Å². The van der Waals surface area contributed by atoms with Gasteiger partial charge in [-0.25, -0.2) is 19.0 Å². The molecule has 6 rings (SSSR count). The van der Waals surface area contributed by atoms with E-state index in [2.05, 4.69) is 11.8 Å². The molecule has 0 bridgehead atoms. The first-order valence-corrected chi connectivity index (χ1v) is 14.1. The maximum absolute atomic E-state index is 13.7. The summed E-state index contributed by atoms with van der Waals surface area (Å²) in [7, 11) is 0. The average Bonchev–Trinajstić information content (AvgIpc) is 3.14. The Kier molecular flexibility index (Phi) is 7.15. The molecular formula is C32H33FN6O. The number of hydrogen-bond acceptors (Lipinski definition) is 5. The van der Waals surface area contributed by atoms with Crippen molar-refractivity contribution in [1.82, 2.24) is 24.6 Å². The van der Waals surface area contributed by atoms with E-state index in [0.29, 0.717) is 19.6 Å². The molecule has 0 unspecified atom stereocenters. The Bertz CT molecular complexity index is 1670. The molecule has 204 valence electrons. The van der Waals surface area contributed by atoms with Crippen LogP contribution in [0.1, 0.15) is 48.1 Å². The molecule has 1 aliphatic rings. The van der Waals surface area contributed by atoms with E-state index in [1.807, 2.05) is 54.3 Å². The summed E-state index contributed by atoms with van der Waals surface area (Å²) in [6.07, 6.45) is 3.63. The molecule has 0 atom stereocenters. The molecule has 0 N–H and O–H groups in total. The predicted octanol–water partition coefficient (Wildman–Crippen LogP) is 6.11. The number of fused-ring (bicyclic) bond motifs is 2. The molecule has 0 spiro atoms. The van der Waals surface area contributed by atoms with Gasteiger partial charge in [-0.15, -0.1) is 0 Å². The summed E-state index contributed by atoms with van der Waals surface area (Å²) in [4.78, 5) is 27.9. The van der Waals surface area contributed by atoms with Gasteiger partial charge in [-0.2, -0.15) is 5.10 Å². The first kappa shape index (κ1) is 25.9. The first-order chi connectivity index (χ1) is 19.5. The van der Waals surface area contributed by atoms with Gasteiger partial charge in [0.2, 0.25) is 0 Å². The minimum Gasteiger partial charge on any atom is -0.354 e. The third kappa shape index (κ3) is 4.90. The number of carbonyl (C=O) groups is 1. The van der Waals surface area contributed by atoms with Crippen LogP contribution in [0.25, 0.3) is 27.5 Å². The van der Waals surface area contributed by atoms with Crippen molar-refractivity contribution in [3.05, 3.63) is 89.6 Å². The predicted molar refractivity (Wildman–Crippen MR) is 157 cm³/mol. The van der Waals surface area contributed by atoms with Crippen LogP contribution in [-0.2, 0) is 6.42 Å². The molecule has 1 aliphatic heterocycles. The van der Waals surface area contributed by atoms with Crippen LogP contribution in [-0.4, -0.2) is 56.7 Å². The minimum absolute atomic E-state index is 0.0652. The van der Waals surface area contributed by atoms with Crippen molar-refractivity contribution in [3.8, 4) is 5.69 Å². The highest BCUT2D eigenvalue weighted by Crippen LogP contribution is 2.30. The molecular weight excluding hydrogens is 503 g/mol. The second kappa shape index (κ2) is 11.0. The molecule has 3 heterocycles. The van der Waals surface area contributed by atoms with Gasteiger partial charge in [0.1, 0.15) is 17.5 Å². The maximum atomic E-state index is 13.7. The number of unbranched alkanes of at least 4 members (excludes halogenated alkanes) is 1. The zero-order valence-corrected chi connectivity index (χ0v) is 23.0. The number of anilines is 1. The first-order valence-electron chi connectivity index (χ1n) is 14.1. The van der Waals surface area contributed by atoms with Crippen LogP contribution in [0.3, 0.4) is 0 Å². The summed E-state index contributed by atoms with van der Waals surface area (Å²) in [5.41, 5.74) is 3.06. The van der Waals surface area contributed by atoms with E-state index in [4.69, 9.17) is 15.1 Å². The van der Waals surface area contributed by atoms with Gasteiger partial charge in [-0.1, -0.05) is 49.7 Å². The lowest BCUT2D eigenvalue weighted by Crippen LogP contribution is -2.35. The van der Waals surface area contributed by atoms with Crippen molar-refractivity contribution in [2.45, 2.75) is 39.5 Å². The number of aromatic nitrogens is 4. The number of carbonyl (C=O) groups excluding carboxylic acids is 1. The van der Waals surface area contributed by atoms with Crippen LogP contribution in [0.15, 0.2) is 66.7 Å². The van der Waals surface area contributed by atoms with E-state index in [1.165, 1.54) is 12.1 Å². The fourth-order valence-electron chi connectivity index (χ4n) is 5.56. The zero-order valence-electron chi connectivity index (χ0n) is 23.0. The topological polar surface area (TPSA) is 67.2 Å². The lowest BCUT2D eigenvalue weighted by Gasteiger charge is -2.24. The molecule has 7 nitrogen and oxygen atoms in total. The SMILES string of the molecule is CCCCc1nc(N2CCCN(C(=O)c3cccc4ccccc34)CC2)c2c(C)nn(-c3ccc(F)cc3)c2n1. The van der Waals surface area contributed by atoms with Gasteiger partial charge in [0.15, 0.2) is 5.65 Å². The molecule has 1 amide bonds. The summed E-state index contributed by atoms with van der Waals surface area (Å²) in [5.74, 6) is 1.42. The van der Waals surface area contributed by atoms with E-state index in [9.17, 15) is 9.18 Å². The molecule has 5 aromatic rings. The third-order valence-corrected chi connectivity index (χ3v) is 7.66. The molecule has 0 aliphatic carbocycles. The van der Waals surface area contributed by atoms with E-state index in [1.54, 1.807) is 16.8 Å². The van der Waals surface area contributed by atoms with Crippen LogP contribution in [0, 0.1) is 12.7 Å². The Morgan fingerprint density at radius 3 is 2.55 bits per heavy atom. The van der Waals surface area contributed by atoms with Gasteiger partial charge in [0.05, 0.1) is 16.8 Å². The maximum Gasteiger partial charge on any atom is 0.254 e. The monoisotopic (exact) mass is 536 g/mol. The van der Waals surface area contributed by atoms with Gasteiger partial charge in [0.25, 0.3) is 5.91 Å². The highest BCUT2D eigenvalue weighted by Gasteiger charge is 2.26. The standard InChI is InChI=1S/C32H33FN6O/c1-3-4-13-28-34-30(29-22(2)36-39(31(29)35-28)25-16-14-24(33)15-17-25)37-18-8-19-38(21-20-37)32(40)27-12-7-10-23-9-5-6-11-26(23)27/h5-7,9-12,14-17H,3-4,8,13,18-21H2,1-2H3. The Balaban J connectivity index is 1.34. The Morgan fingerprint density at radius 2 is 1.73 bits per heavy atom. The van der Waals surface area contributed by atoms with E-state index >= 15 is 0 Å². The van der Waals surface area contributed by atoms with Crippen molar-refractivity contribution >= 4 is 33.5 Å². The Hall–Kier alpha value is -4.33. The van der Waals surface area contributed by atoms with Crippen LogP contribution in [0.2, 0.25) is 0 Å². The minimum atomic E-state index is -0.289. The van der Waals surface area contributed by atoms with Crippen molar-refractivity contribution < 1.29 is 9.18 Å². The molecule has 2 aromatic heterocycles. The van der Waals surface area contributed by atoms with Crippen LogP contribution >= 0.6 is 0 Å². The van der Waals surface area contributed by atoms with E-state index < -0.39 is 0 Å². The largest absolute Gasteiger partial charge is 0.354 e. The summed E-state index contributed by atoms with van der Waals surface area (Å²) in [6, 6.07) is 20.3. The van der Waals surface area contributed by atoms with Gasteiger partial charge in [-0.3, -0.25) is 4.79 Å². The number of amides is 1. The third-order valence-electron chi connectivity index (χ3n) is 7.66. The number of aryl methyl sites for hydroxylation is 2. The van der Waals surface area contributed by atoms with Crippen molar-refractivity contribution in [2.75, 3.05) is 31.1 Å². The highest BCUT2D eigenvalue weighted by atomic mass is 19.1. The summed E-state index contributed by atoms with van der Waals surface area (Å²) >= 11 is 0. The van der Waals surface area contributed by atoms with Crippen molar-refractivity contribution in [1.29, 1.82) is 0 Å². The number of benzene rings is 3. The van der Waals surface area contributed by atoms with Crippen molar-refractivity contribution in [3.63, 3.8) is 0 Å². The molecule has 0 saturated carbocycles. The van der Waals surface area contributed by atoms with E-state index in [0.717, 1.165) is 82.6 Å². The van der Waals surface area contributed by atoms with Crippen LogP contribution < -0.4 is 4.90 Å². The normalized spacial score (nSPS) is 14.2. The number of rotatable bonds is 6. The van der Waals surface area contributed by atoms with Gasteiger partial charge in [0, 0.05) is 38.2 Å². The Morgan fingerprint density at radius 1 is 0.925 bits per heavy atom. The van der Waals surface area contributed by atoms with Crippen LogP contribution in [0.5, 0.6) is 0 Å². The van der Waals surface area contributed by atoms with Gasteiger partial charge >= 0.3 is 0 Å². The zero-order chi connectivity index (χ0) is 27.6. The van der Waals surface area contributed by atoms with E-state index in [-0.39, 0.29) is 11.7 Å². The fraction of sp³-hybridized carbons (Fsp3) is 0.312. The fourth-order valence-corrected chi connectivity index (χ4v) is 5.56. The van der Waals surface area contributed by atoms with Crippen molar-refractivity contribution in [2.24, 2.45) is 0 Å². The molecule has 40 heavy (non-hydrogen) atoms. The summed E-state index contributed by atoms with van der Waals surface area (Å²) in [5, 5.41) is 7.76. The molecule has 8 heteroatoms. The average molecular weight is 537 g/mol. The smallest absolute Gasteiger partial charge is 0.254 e. The lowest BCUT2D eigenvalue weighted by molar-refractivity contribution is 0.0769. The number of hydrogen-bond donors (Lipinski definition) is 0. The number of nitrogens with zero attached hydrogens (tertiary/aromatic N) is 6. The second-order valence-corrected chi connectivity index (χ2v) is 10.4. The Labute approximate surface area is 233 Å². The van der Waals surface area contributed by atoms with Gasteiger partial charge < -0.3 is 9.80 Å². The molecule has 1 saturated heterocycles. The van der Waals surface area contributed by atoms with Gasteiger partial charge in [-0.05, 0) is 60.9 Å². The molecule has 1 fully saturated rings. The number of halogens is 1. The second-order valence-electron chi connectivity index (χ2n) is 10.4. The molecule has 0 radical (unpaired) electrons. The highest BCUT2D eigenvalue weighted by molar-refractivity contribution is 6.07. The quantitative estimate of drug-likeness (QED) is 0.262. The summed E-state index contributed by atoms with van der Waals surface area (Å²) in [6.45, 7) is 6.85. The lowest BCUT2D eigenvalue weighted by atomic mass is 10.0.